The van der Waals surface area contributed by atoms with E-state index in [1.807, 2.05) is 48.4 Å². The number of likely N-dealkylation sites (tertiary alicyclic amines) is 1. The molecule has 4 heteroatoms. The molecule has 1 aromatic rings. The Morgan fingerprint density at radius 2 is 1.90 bits per heavy atom. The molecule has 1 heterocycles. The van der Waals surface area contributed by atoms with Gasteiger partial charge in [0, 0.05) is 13.1 Å². The normalized spacial score (nSPS) is 19.6. The average Bonchev–Trinajstić information content (AvgIpc) is 2.53. The van der Waals surface area contributed by atoms with Gasteiger partial charge >= 0.3 is 0 Å². The van der Waals surface area contributed by atoms with Crippen LogP contribution in [0.25, 0.3) is 0 Å². The van der Waals surface area contributed by atoms with Crippen LogP contribution >= 0.6 is 11.8 Å². The Morgan fingerprint density at radius 3 is 2.45 bits per heavy atom. The van der Waals surface area contributed by atoms with Crippen LogP contribution < -0.4 is 0 Å². The minimum absolute atomic E-state index is 0.0330. The van der Waals surface area contributed by atoms with Gasteiger partial charge in [-0.05, 0) is 37.5 Å². The Kier molecular flexibility index (Phi) is 5.49. The summed E-state index contributed by atoms with van der Waals surface area (Å²) in [6.07, 6.45) is 3.31. The highest BCUT2D eigenvalue weighted by atomic mass is 32.2. The molecular weight excluding hydrogens is 270 g/mol. The molecule has 1 aliphatic heterocycles. The van der Waals surface area contributed by atoms with Crippen molar-refractivity contribution in [2.24, 2.45) is 5.92 Å². The monoisotopic (exact) mass is 293 g/mol. The quantitative estimate of drug-likeness (QED) is 0.928. The Labute approximate surface area is 125 Å². The van der Waals surface area contributed by atoms with Crippen molar-refractivity contribution in [1.29, 1.82) is 0 Å². The number of nitrogens with zero attached hydrogens (tertiary/aromatic N) is 1. The summed E-state index contributed by atoms with van der Waals surface area (Å²) in [6.45, 7) is 3.48. The van der Waals surface area contributed by atoms with Gasteiger partial charge < -0.3 is 10.0 Å². The van der Waals surface area contributed by atoms with E-state index in [0.717, 1.165) is 31.5 Å². The van der Waals surface area contributed by atoms with E-state index in [9.17, 15) is 9.90 Å². The lowest BCUT2D eigenvalue weighted by Gasteiger charge is -2.35. The van der Waals surface area contributed by atoms with Crippen molar-refractivity contribution >= 4 is 17.7 Å². The largest absolute Gasteiger partial charge is 0.388 e. The van der Waals surface area contributed by atoms with Crippen LogP contribution in [0.2, 0.25) is 0 Å². The maximum Gasteiger partial charge on any atom is 0.235 e. The molecule has 20 heavy (non-hydrogen) atoms. The van der Waals surface area contributed by atoms with Crippen molar-refractivity contribution in [2.75, 3.05) is 19.3 Å². The van der Waals surface area contributed by atoms with E-state index >= 15 is 0 Å². The van der Waals surface area contributed by atoms with Crippen LogP contribution in [0.5, 0.6) is 0 Å². The van der Waals surface area contributed by atoms with Gasteiger partial charge in [0.1, 0.15) is 0 Å². The number of carbonyl (C=O) groups is 1. The SMILES string of the molecule is CSC(C)C(=O)N1CCC(C(O)c2ccccc2)CC1. The molecule has 1 saturated heterocycles. The van der Waals surface area contributed by atoms with Crippen LogP contribution in [0.3, 0.4) is 0 Å². The Hall–Kier alpha value is -1.00. The summed E-state index contributed by atoms with van der Waals surface area (Å²) < 4.78 is 0. The summed E-state index contributed by atoms with van der Waals surface area (Å²) in [5.74, 6) is 0.483. The lowest BCUT2D eigenvalue weighted by Crippen LogP contribution is -2.43. The van der Waals surface area contributed by atoms with Crippen LogP contribution in [-0.4, -0.2) is 40.5 Å². The summed E-state index contributed by atoms with van der Waals surface area (Å²) >= 11 is 1.59. The van der Waals surface area contributed by atoms with Gasteiger partial charge in [-0.3, -0.25) is 4.79 Å². The fourth-order valence-corrected chi connectivity index (χ4v) is 3.07. The molecule has 0 bridgehead atoms. The highest BCUT2D eigenvalue weighted by molar-refractivity contribution is 7.99. The molecule has 0 radical (unpaired) electrons. The average molecular weight is 293 g/mol. The number of hydrogen-bond donors (Lipinski definition) is 1. The zero-order chi connectivity index (χ0) is 14.5. The van der Waals surface area contributed by atoms with Gasteiger partial charge in [-0.25, -0.2) is 0 Å². The van der Waals surface area contributed by atoms with E-state index in [1.54, 1.807) is 11.8 Å². The van der Waals surface area contributed by atoms with Crippen molar-refractivity contribution in [1.82, 2.24) is 4.90 Å². The van der Waals surface area contributed by atoms with Gasteiger partial charge in [-0.2, -0.15) is 11.8 Å². The van der Waals surface area contributed by atoms with E-state index in [1.165, 1.54) is 0 Å². The highest BCUT2D eigenvalue weighted by Gasteiger charge is 2.29. The fourth-order valence-electron chi connectivity index (χ4n) is 2.72. The molecule has 1 amide bonds. The first kappa shape index (κ1) is 15.4. The predicted octanol–water partition coefficient (Wildman–Crippen LogP) is 2.71. The molecule has 2 rings (SSSR count). The van der Waals surface area contributed by atoms with Crippen LogP contribution in [0, 0.1) is 5.92 Å². The zero-order valence-corrected chi connectivity index (χ0v) is 13.0. The van der Waals surface area contributed by atoms with Gasteiger partial charge in [0.05, 0.1) is 11.4 Å². The lowest BCUT2D eigenvalue weighted by molar-refractivity contribution is -0.132. The summed E-state index contributed by atoms with van der Waals surface area (Å²) in [6, 6.07) is 9.81. The van der Waals surface area contributed by atoms with Crippen LogP contribution in [0.15, 0.2) is 30.3 Å². The Balaban J connectivity index is 1.90. The molecule has 0 aromatic heterocycles. The Morgan fingerprint density at radius 1 is 1.30 bits per heavy atom. The van der Waals surface area contributed by atoms with Crippen LogP contribution in [0.1, 0.15) is 31.4 Å². The Bertz CT molecular complexity index is 429. The standard InChI is InChI=1S/C16H23NO2S/c1-12(20-2)16(19)17-10-8-14(9-11-17)15(18)13-6-4-3-5-7-13/h3-7,12,14-15,18H,8-11H2,1-2H3. The second-order valence-electron chi connectivity index (χ2n) is 5.40. The van der Waals surface area contributed by atoms with Crippen molar-refractivity contribution in [2.45, 2.75) is 31.1 Å². The first-order chi connectivity index (χ1) is 9.63. The van der Waals surface area contributed by atoms with Gasteiger partial charge in [0.15, 0.2) is 0 Å². The van der Waals surface area contributed by atoms with E-state index in [2.05, 4.69) is 0 Å². The first-order valence-electron chi connectivity index (χ1n) is 7.18. The van der Waals surface area contributed by atoms with Crippen molar-refractivity contribution < 1.29 is 9.90 Å². The third kappa shape index (κ3) is 3.55. The summed E-state index contributed by atoms with van der Waals surface area (Å²) in [5.41, 5.74) is 0.981. The number of piperidine rings is 1. The van der Waals surface area contributed by atoms with E-state index in [0.29, 0.717) is 0 Å². The van der Waals surface area contributed by atoms with Crippen LogP contribution in [0.4, 0.5) is 0 Å². The minimum Gasteiger partial charge on any atom is -0.388 e. The first-order valence-corrected chi connectivity index (χ1v) is 8.47. The minimum atomic E-state index is -0.411. The third-order valence-electron chi connectivity index (χ3n) is 4.14. The molecule has 3 nitrogen and oxygen atoms in total. The highest BCUT2D eigenvalue weighted by Crippen LogP contribution is 2.31. The number of hydrogen-bond acceptors (Lipinski definition) is 3. The number of thioether (sulfide) groups is 1. The number of aliphatic hydroxyl groups is 1. The number of amides is 1. The molecule has 2 unspecified atom stereocenters. The number of carbonyl (C=O) groups excluding carboxylic acids is 1. The topological polar surface area (TPSA) is 40.5 Å². The summed E-state index contributed by atoms with van der Waals surface area (Å²) in [7, 11) is 0. The van der Waals surface area contributed by atoms with Crippen molar-refractivity contribution in [3.8, 4) is 0 Å². The van der Waals surface area contributed by atoms with Gasteiger partial charge in [-0.15, -0.1) is 0 Å². The maximum atomic E-state index is 12.1. The summed E-state index contributed by atoms with van der Waals surface area (Å²) in [4.78, 5) is 14.1. The van der Waals surface area contributed by atoms with E-state index in [-0.39, 0.29) is 17.1 Å². The molecule has 1 fully saturated rings. The van der Waals surface area contributed by atoms with Gasteiger partial charge in [0.25, 0.3) is 0 Å². The number of benzene rings is 1. The predicted molar refractivity (Wildman–Crippen MR) is 83.7 cm³/mol. The molecular formula is C16H23NO2S. The second kappa shape index (κ2) is 7.14. The molecule has 2 atom stereocenters. The molecule has 1 aromatic carbocycles. The molecule has 0 spiro atoms. The lowest BCUT2D eigenvalue weighted by atomic mass is 9.87. The van der Waals surface area contributed by atoms with Crippen molar-refractivity contribution in [3.63, 3.8) is 0 Å². The van der Waals surface area contributed by atoms with E-state index in [4.69, 9.17) is 0 Å². The zero-order valence-electron chi connectivity index (χ0n) is 12.2. The maximum absolute atomic E-state index is 12.1. The molecule has 0 aliphatic carbocycles. The molecule has 0 saturated carbocycles. The van der Waals surface area contributed by atoms with E-state index < -0.39 is 6.10 Å². The third-order valence-corrected chi connectivity index (χ3v) is 5.05. The molecule has 1 N–H and O–H groups in total. The number of aliphatic hydroxyl groups excluding tert-OH is 1. The molecule has 1 aliphatic rings. The van der Waals surface area contributed by atoms with Crippen molar-refractivity contribution in [3.05, 3.63) is 35.9 Å². The smallest absolute Gasteiger partial charge is 0.235 e. The molecule has 110 valence electrons. The second-order valence-corrected chi connectivity index (χ2v) is 6.57. The summed E-state index contributed by atoms with van der Waals surface area (Å²) in [5, 5.41) is 10.5. The number of rotatable bonds is 4. The van der Waals surface area contributed by atoms with Gasteiger partial charge in [0.2, 0.25) is 5.91 Å². The van der Waals surface area contributed by atoms with Gasteiger partial charge in [-0.1, -0.05) is 30.3 Å². The van der Waals surface area contributed by atoms with Crippen LogP contribution in [-0.2, 0) is 4.79 Å². The fraction of sp³-hybridized carbons (Fsp3) is 0.562.